The van der Waals surface area contributed by atoms with Crippen LogP contribution in [0.5, 0.6) is 17.2 Å². The summed E-state index contributed by atoms with van der Waals surface area (Å²) in [7, 11) is 4.66. The Morgan fingerprint density at radius 3 is 2.43 bits per heavy atom. The van der Waals surface area contributed by atoms with Gasteiger partial charge in [0.2, 0.25) is 23.0 Å². The van der Waals surface area contributed by atoms with Gasteiger partial charge < -0.3 is 34.6 Å². The minimum atomic E-state index is -0.660. The number of carbonyl (C=O) groups excluding carboxylic acids is 2. The van der Waals surface area contributed by atoms with Gasteiger partial charge in [0.15, 0.2) is 11.5 Å². The van der Waals surface area contributed by atoms with Crippen LogP contribution >= 0.6 is 0 Å². The minimum absolute atomic E-state index is 0.184. The lowest BCUT2D eigenvalue weighted by molar-refractivity contribution is -0.122. The summed E-state index contributed by atoms with van der Waals surface area (Å²) in [5, 5.41) is 9.10. The van der Waals surface area contributed by atoms with Crippen LogP contribution in [0.2, 0.25) is 0 Å². The van der Waals surface area contributed by atoms with Gasteiger partial charge in [0.25, 0.3) is 0 Å². The second kappa shape index (κ2) is 13.5. The van der Waals surface area contributed by atoms with Gasteiger partial charge in [-0.05, 0) is 72.2 Å². The average Bonchev–Trinajstić information content (AvgIpc) is 3.38. The van der Waals surface area contributed by atoms with E-state index in [0.717, 1.165) is 11.1 Å². The number of aryl methyl sites for hydroxylation is 1. The first-order valence-electron chi connectivity index (χ1n) is 14.0. The molecule has 2 amide bonds. The molecular formula is C32H39N3O7. The fraction of sp³-hybridized carbons (Fsp3) is 0.406. The molecule has 10 nitrogen and oxygen atoms in total. The first kappa shape index (κ1) is 30.5. The van der Waals surface area contributed by atoms with E-state index in [0.29, 0.717) is 53.4 Å². The molecular weight excluding hydrogens is 538 g/mol. The number of fused-ring (bicyclic) bond motifs is 3. The topological polar surface area (TPSA) is 128 Å². The molecule has 10 heteroatoms. The lowest BCUT2D eigenvalue weighted by Gasteiger charge is -2.20. The first-order chi connectivity index (χ1) is 20.2. The van der Waals surface area contributed by atoms with Crippen LogP contribution in [0.1, 0.15) is 56.5 Å². The Morgan fingerprint density at radius 1 is 1.05 bits per heavy atom. The van der Waals surface area contributed by atoms with Crippen LogP contribution in [-0.4, -0.2) is 39.2 Å². The highest BCUT2D eigenvalue weighted by atomic mass is 16.5. The molecule has 0 spiro atoms. The molecule has 42 heavy (non-hydrogen) atoms. The molecule has 1 aromatic heterocycles. The van der Waals surface area contributed by atoms with E-state index < -0.39 is 12.1 Å². The largest absolute Gasteiger partial charge is 0.493 e. The molecule has 2 atom stereocenters. The maximum absolute atomic E-state index is 13.7. The summed E-state index contributed by atoms with van der Waals surface area (Å²) >= 11 is 0. The van der Waals surface area contributed by atoms with Crippen molar-refractivity contribution in [2.75, 3.05) is 26.6 Å². The summed E-state index contributed by atoms with van der Waals surface area (Å²) in [6.07, 6.45) is 3.20. The van der Waals surface area contributed by atoms with Crippen molar-refractivity contribution in [3.05, 3.63) is 69.8 Å². The van der Waals surface area contributed by atoms with E-state index in [4.69, 9.17) is 18.6 Å². The molecule has 0 fully saturated rings. The molecule has 3 N–H and O–H groups in total. The third kappa shape index (κ3) is 6.70. The van der Waals surface area contributed by atoms with Gasteiger partial charge in [0.05, 0.1) is 45.9 Å². The van der Waals surface area contributed by atoms with Gasteiger partial charge >= 0.3 is 0 Å². The molecule has 1 aliphatic rings. The zero-order valence-electron chi connectivity index (χ0n) is 25.0. The SMILES string of the molecule is COc1cc2c(c(OC)c1OC)-c1ccc(N[C@@H](CC(C)C)C(=O)NCc3ccco3)c(=O)cc1[C@@H](NC(C)=O)CC2. The van der Waals surface area contributed by atoms with Crippen molar-refractivity contribution in [1.29, 1.82) is 0 Å². The molecule has 0 radical (unpaired) electrons. The molecule has 1 aliphatic carbocycles. The van der Waals surface area contributed by atoms with Crippen molar-refractivity contribution in [2.45, 2.75) is 58.7 Å². The number of ether oxygens (including phenoxy) is 3. The smallest absolute Gasteiger partial charge is 0.242 e. The number of carbonyl (C=O) groups is 2. The van der Waals surface area contributed by atoms with Crippen LogP contribution in [0.25, 0.3) is 11.1 Å². The van der Waals surface area contributed by atoms with Crippen LogP contribution in [0, 0.1) is 5.92 Å². The lowest BCUT2D eigenvalue weighted by Crippen LogP contribution is -2.41. The molecule has 0 aliphatic heterocycles. The van der Waals surface area contributed by atoms with Gasteiger partial charge in [-0.15, -0.1) is 0 Å². The normalized spacial score (nSPS) is 14.6. The number of rotatable bonds is 11. The Bertz CT molecular complexity index is 1480. The third-order valence-electron chi connectivity index (χ3n) is 7.29. The maximum atomic E-state index is 13.7. The van der Waals surface area contributed by atoms with Crippen molar-refractivity contribution >= 4 is 17.5 Å². The highest BCUT2D eigenvalue weighted by molar-refractivity contribution is 5.86. The van der Waals surface area contributed by atoms with E-state index in [9.17, 15) is 14.4 Å². The lowest BCUT2D eigenvalue weighted by atomic mass is 9.95. The van der Waals surface area contributed by atoms with Gasteiger partial charge in [0, 0.05) is 12.5 Å². The number of hydrogen-bond donors (Lipinski definition) is 3. The Labute approximate surface area is 245 Å². The number of methoxy groups -OCH3 is 3. The van der Waals surface area contributed by atoms with Crippen LogP contribution in [-0.2, 0) is 22.6 Å². The molecule has 1 heterocycles. The Morgan fingerprint density at radius 2 is 1.81 bits per heavy atom. The number of hydrogen-bond acceptors (Lipinski definition) is 8. The summed E-state index contributed by atoms with van der Waals surface area (Å²) in [5.74, 6) is 1.80. The van der Waals surface area contributed by atoms with E-state index >= 15 is 0 Å². The van der Waals surface area contributed by atoms with Gasteiger partial charge in [-0.3, -0.25) is 14.4 Å². The first-order valence-corrected chi connectivity index (χ1v) is 14.0. The van der Waals surface area contributed by atoms with Crippen molar-refractivity contribution in [3.63, 3.8) is 0 Å². The fourth-order valence-electron chi connectivity index (χ4n) is 5.43. The standard InChI is InChI=1S/C32H39N3O7/c1-18(2)14-26(32(38)33-17-21-8-7-13-42-21)35-25-12-10-22-23(16-27(25)37)24(34-19(3)36)11-9-20-15-28(39-4)30(40-5)31(41-6)29(20)22/h7-8,10,12-13,15-16,18,24,26H,9,11,14,17H2,1-6H3,(H,33,38)(H,34,36)(H,35,37)/t24-,26-/m0/s1. The summed E-state index contributed by atoms with van der Waals surface area (Å²) in [4.78, 5) is 39.1. The second-order valence-electron chi connectivity index (χ2n) is 10.7. The van der Waals surface area contributed by atoms with E-state index in [2.05, 4.69) is 16.0 Å². The van der Waals surface area contributed by atoms with Crippen LogP contribution in [0.4, 0.5) is 5.69 Å². The monoisotopic (exact) mass is 577 g/mol. The maximum Gasteiger partial charge on any atom is 0.242 e. The molecule has 3 aromatic rings. The zero-order valence-corrected chi connectivity index (χ0v) is 25.0. The van der Waals surface area contributed by atoms with Crippen LogP contribution < -0.4 is 35.6 Å². The molecule has 224 valence electrons. The second-order valence-corrected chi connectivity index (χ2v) is 10.7. The number of nitrogens with one attached hydrogen (secondary N) is 3. The molecule has 0 unspecified atom stereocenters. The molecule has 0 saturated carbocycles. The predicted octanol–water partition coefficient (Wildman–Crippen LogP) is 4.60. The molecule has 0 bridgehead atoms. The highest BCUT2D eigenvalue weighted by Gasteiger charge is 2.30. The third-order valence-corrected chi connectivity index (χ3v) is 7.29. The number of amides is 2. The van der Waals surface area contributed by atoms with Gasteiger partial charge in [-0.25, -0.2) is 0 Å². The van der Waals surface area contributed by atoms with Gasteiger partial charge in [0.1, 0.15) is 11.8 Å². The van der Waals surface area contributed by atoms with Crippen molar-refractivity contribution in [1.82, 2.24) is 10.6 Å². The van der Waals surface area contributed by atoms with E-state index in [1.54, 1.807) is 45.8 Å². The summed E-state index contributed by atoms with van der Waals surface area (Å²) in [6.45, 7) is 5.73. The van der Waals surface area contributed by atoms with Crippen LogP contribution in [0.3, 0.4) is 0 Å². The Balaban J connectivity index is 1.82. The average molecular weight is 578 g/mol. The highest BCUT2D eigenvalue weighted by Crippen LogP contribution is 2.50. The van der Waals surface area contributed by atoms with E-state index in [1.165, 1.54) is 13.0 Å². The van der Waals surface area contributed by atoms with Crippen molar-refractivity contribution in [3.8, 4) is 28.4 Å². The Hall–Kier alpha value is -4.47. The summed E-state index contributed by atoms with van der Waals surface area (Å²) in [6, 6.07) is 9.42. The van der Waals surface area contributed by atoms with Crippen molar-refractivity contribution < 1.29 is 28.2 Å². The van der Waals surface area contributed by atoms with Gasteiger partial charge in [-0.2, -0.15) is 0 Å². The quantitative estimate of drug-likeness (QED) is 0.302. The molecule has 0 saturated heterocycles. The summed E-state index contributed by atoms with van der Waals surface area (Å²) < 4.78 is 22.4. The predicted molar refractivity (Wildman–Crippen MR) is 160 cm³/mol. The van der Waals surface area contributed by atoms with E-state index in [1.807, 2.05) is 26.0 Å². The number of furan rings is 1. The van der Waals surface area contributed by atoms with E-state index in [-0.39, 0.29) is 35.4 Å². The van der Waals surface area contributed by atoms with Gasteiger partial charge in [-0.1, -0.05) is 19.9 Å². The Kier molecular flexibility index (Phi) is 9.77. The fourth-order valence-corrected chi connectivity index (χ4v) is 5.43. The van der Waals surface area contributed by atoms with Crippen LogP contribution in [0.15, 0.2) is 51.9 Å². The summed E-state index contributed by atoms with van der Waals surface area (Å²) in [5.41, 5.74) is 3.02. The zero-order chi connectivity index (χ0) is 30.4. The number of anilines is 1. The minimum Gasteiger partial charge on any atom is -0.493 e. The van der Waals surface area contributed by atoms with Crippen molar-refractivity contribution in [2.24, 2.45) is 5.92 Å². The number of benzene rings is 1. The molecule has 2 aromatic carbocycles. The molecule has 4 rings (SSSR count).